The number of hydrogen-bond donors (Lipinski definition) is 0. The van der Waals surface area contributed by atoms with Crippen molar-refractivity contribution in [2.45, 2.75) is 6.92 Å². The van der Waals surface area contributed by atoms with E-state index < -0.39 is 4.92 Å². The lowest BCUT2D eigenvalue weighted by Crippen LogP contribution is -2.15. The minimum atomic E-state index is -0.431. The zero-order chi connectivity index (χ0) is 14.5. The molecule has 0 atom stereocenters. The first kappa shape index (κ1) is 13.9. The van der Waals surface area contributed by atoms with Crippen LogP contribution in [0.25, 0.3) is 0 Å². The molecule has 0 amide bonds. The van der Waals surface area contributed by atoms with Gasteiger partial charge in [-0.3, -0.25) is 10.1 Å². The molecule has 5 heteroatoms. The summed E-state index contributed by atoms with van der Waals surface area (Å²) in [7, 11) is 2.02. The van der Waals surface area contributed by atoms with Crippen molar-refractivity contribution in [1.82, 2.24) is 0 Å². The Hall–Kier alpha value is -2.56. The van der Waals surface area contributed by atoms with Crippen LogP contribution in [0.15, 0.2) is 48.5 Å². The van der Waals surface area contributed by atoms with Crippen LogP contribution in [-0.4, -0.2) is 18.5 Å². The highest BCUT2D eigenvalue weighted by molar-refractivity contribution is 5.49. The van der Waals surface area contributed by atoms with E-state index in [0.717, 1.165) is 12.2 Å². The van der Waals surface area contributed by atoms with Crippen LogP contribution in [0.2, 0.25) is 0 Å². The number of nitrogens with zero attached hydrogens (tertiary/aromatic N) is 2. The van der Waals surface area contributed by atoms with Crippen molar-refractivity contribution >= 4 is 11.4 Å². The second kappa shape index (κ2) is 6.06. The summed E-state index contributed by atoms with van der Waals surface area (Å²) in [4.78, 5) is 12.2. The predicted molar refractivity (Wildman–Crippen MR) is 78.6 cm³/mol. The zero-order valence-corrected chi connectivity index (χ0v) is 11.4. The molecule has 2 rings (SSSR count). The van der Waals surface area contributed by atoms with Crippen LogP contribution in [0.1, 0.15) is 6.92 Å². The molecule has 104 valence electrons. The number of non-ortho nitro benzene ring substituents is 1. The molecular weight excluding hydrogens is 256 g/mol. The highest BCUT2D eigenvalue weighted by Crippen LogP contribution is 2.25. The molecule has 20 heavy (non-hydrogen) atoms. The average molecular weight is 272 g/mol. The fourth-order valence-electron chi connectivity index (χ4n) is 1.72. The van der Waals surface area contributed by atoms with Crippen LogP contribution in [0.5, 0.6) is 11.5 Å². The first-order chi connectivity index (χ1) is 9.60. The molecule has 0 aliphatic carbocycles. The Morgan fingerprint density at radius 2 is 1.55 bits per heavy atom. The van der Waals surface area contributed by atoms with Crippen LogP contribution < -0.4 is 9.64 Å². The maximum atomic E-state index is 10.6. The van der Waals surface area contributed by atoms with Crippen molar-refractivity contribution in [3.05, 3.63) is 58.6 Å². The summed E-state index contributed by atoms with van der Waals surface area (Å²) >= 11 is 0. The van der Waals surface area contributed by atoms with Gasteiger partial charge in [0.25, 0.3) is 5.69 Å². The second-order valence-corrected chi connectivity index (χ2v) is 4.36. The molecule has 0 saturated carbocycles. The van der Waals surface area contributed by atoms with Gasteiger partial charge in [0.15, 0.2) is 0 Å². The van der Waals surface area contributed by atoms with Gasteiger partial charge in [0.1, 0.15) is 11.5 Å². The van der Waals surface area contributed by atoms with Gasteiger partial charge >= 0.3 is 0 Å². The zero-order valence-electron chi connectivity index (χ0n) is 11.4. The quantitative estimate of drug-likeness (QED) is 0.613. The maximum Gasteiger partial charge on any atom is 0.269 e. The third kappa shape index (κ3) is 3.26. The van der Waals surface area contributed by atoms with Gasteiger partial charge in [-0.05, 0) is 43.3 Å². The van der Waals surface area contributed by atoms with Gasteiger partial charge in [0, 0.05) is 31.4 Å². The molecular formula is C15H16N2O3. The molecule has 0 heterocycles. The fourth-order valence-corrected chi connectivity index (χ4v) is 1.72. The lowest BCUT2D eigenvalue weighted by molar-refractivity contribution is -0.384. The van der Waals surface area contributed by atoms with Crippen LogP contribution >= 0.6 is 0 Å². The smallest absolute Gasteiger partial charge is 0.269 e. The molecule has 0 aliphatic rings. The highest BCUT2D eigenvalue weighted by Gasteiger charge is 2.05. The lowest BCUT2D eigenvalue weighted by Gasteiger charge is -2.16. The van der Waals surface area contributed by atoms with Crippen molar-refractivity contribution in [2.75, 3.05) is 18.5 Å². The topological polar surface area (TPSA) is 55.6 Å². The van der Waals surface area contributed by atoms with Crippen molar-refractivity contribution in [3.8, 4) is 11.5 Å². The first-order valence-electron chi connectivity index (χ1n) is 6.33. The van der Waals surface area contributed by atoms with Gasteiger partial charge in [0.05, 0.1) is 4.92 Å². The van der Waals surface area contributed by atoms with E-state index in [0.29, 0.717) is 11.5 Å². The monoisotopic (exact) mass is 272 g/mol. The summed E-state index contributed by atoms with van der Waals surface area (Å²) in [6.07, 6.45) is 0. The Kier molecular flexibility index (Phi) is 4.20. The second-order valence-electron chi connectivity index (χ2n) is 4.36. The Morgan fingerprint density at radius 1 is 1.05 bits per heavy atom. The number of hydrogen-bond acceptors (Lipinski definition) is 4. The van der Waals surface area contributed by atoms with E-state index in [9.17, 15) is 10.1 Å². The Balaban J connectivity index is 2.08. The number of nitro benzene ring substituents is 1. The fraction of sp³-hybridized carbons (Fsp3) is 0.200. The standard InChI is InChI=1S/C15H16N2O3/c1-3-16(2)12-4-8-14(9-5-12)20-15-10-6-13(7-11-15)17(18)19/h4-11H,3H2,1-2H3. The van der Waals surface area contributed by atoms with Gasteiger partial charge in [-0.2, -0.15) is 0 Å². The third-order valence-electron chi connectivity index (χ3n) is 3.04. The molecule has 0 unspecified atom stereocenters. The van der Waals surface area contributed by atoms with E-state index in [4.69, 9.17) is 4.74 Å². The molecule has 0 N–H and O–H groups in total. The minimum absolute atomic E-state index is 0.0530. The van der Waals surface area contributed by atoms with E-state index in [-0.39, 0.29) is 5.69 Å². The van der Waals surface area contributed by atoms with Crippen molar-refractivity contribution in [3.63, 3.8) is 0 Å². The van der Waals surface area contributed by atoms with Gasteiger partial charge in [0.2, 0.25) is 0 Å². The van der Waals surface area contributed by atoms with Crippen molar-refractivity contribution in [2.24, 2.45) is 0 Å². The molecule has 0 radical (unpaired) electrons. The largest absolute Gasteiger partial charge is 0.457 e. The van der Waals surface area contributed by atoms with Gasteiger partial charge in [-0.15, -0.1) is 0 Å². The average Bonchev–Trinajstić information content (AvgIpc) is 2.48. The first-order valence-corrected chi connectivity index (χ1v) is 6.33. The SMILES string of the molecule is CCN(C)c1ccc(Oc2ccc([N+](=O)[O-])cc2)cc1. The molecule has 0 spiro atoms. The van der Waals surface area contributed by atoms with Crippen molar-refractivity contribution < 1.29 is 9.66 Å². The number of benzene rings is 2. The van der Waals surface area contributed by atoms with Crippen LogP contribution in [0.3, 0.4) is 0 Å². The number of nitro groups is 1. The van der Waals surface area contributed by atoms with Crippen molar-refractivity contribution in [1.29, 1.82) is 0 Å². The normalized spacial score (nSPS) is 10.1. The van der Waals surface area contributed by atoms with E-state index >= 15 is 0 Å². The van der Waals surface area contributed by atoms with E-state index in [1.165, 1.54) is 12.1 Å². The highest BCUT2D eigenvalue weighted by atomic mass is 16.6. The molecule has 0 bridgehead atoms. The summed E-state index contributed by atoms with van der Waals surface area (Å²) in [5.41, 5.74) is 1.17. The van der Waals surface area contributed by atoms with Gasteiger partial charge in [-0.1, -0.05) is 0 Å². The number of ether oxygens (including phenoxy) is 1. The predicted octanol–water partition coefficient (Wildman–Crippen LogP) is 3.84. The molecule has 0 aliphatic heterocycles. The van der Waals surface area contributed by atoms with E-state index in [2.05, 4.69) is 11.8 Å². The summed E-state index contributed by atoms with van der Waals surface area (Å²) in [5, 5.41) is 10.6. The Labute approximate surface area is 117 Å². The van der Waals surface area contributed by atoms with Crippen LogP contribution in [0.4, 0.5) is 11.4 Å². The summed E-state index contributed by atoms with van der Waals surface area (Å²) < 4.78 is 5.64. The molecule has 5 nitrogen and oxygen atoms in total. The third-order valence-corrected chi connectivity index (χ3v) is 3.04. The van der Waals surface area contributed by atoms with Gasteiger partial charge in [-0.25, -0.2) is 0 Å². The summed E-state index contributed by atoms with van der Waals surface area (Å²) in [6.45, 7) is 3.02. The molecule has 2 aromatic carbocycles. The molecule has 0 fully saturated rings. The molecule has 0 saturated heterocycles. The number of rotatable bonds is 5. The summed E-state index contributed by atoms with van der Waals surface area (Å²) in [6, 6.07) is 13.7. The molecule has 2 aromatic rings. The number of anilines is 1. The van der Waals surface area contributed by atoms with Crippen LogP contribution in [0, 0.1) is 10.1 Å². The van der Waals surface area contributed by atoms with Crippen LogP contribution in [-0.2, 0) is 0 Å². The Bertz CT molecular complexity index is 579. The summed E-state index contributed by atoms with van der Waals surface area (Å²) in [5.74, 6) is 1.28. The van der Waals surface area contributed by atoms with E-state index in [1.807, 2.05) is 31.3 Å². The van der Waals surface area contributed by atoms with E-state index in [1.54, 1.807) is 12.1 Å². The maximum absolute atomic E-state index is 10.6. The lowest BCUT2D eigenvalue weighted by atomic mass is 10.2. The Morgan fingerprint density at radius 3 is 2.00 bits per heavy atom. The van der Waals surface area contributed by atoms with Gasteiger partial charge < -0.3 is 9.64 Å². The minimum Gasteiger partial charge on any atom is -0.457 e. The molecule has 0 aromatic heterocycles.